The molecule has 2 aliphatic heterocycles. The van der Waals surface area contributed by atoms with E-state index in [9.17, 15) is 27.6 Å². The molecule has 0 saturated carbocycles. The molecule has 0 unspecified atom stereocenters. The summed E-state index contributed by atoms with van der Waals surface area (Å²) >= 11 is 0. The Hall–Kier alpha value is -3.56. The van der Waals surface area contributed by atoms with Crippen molar-refractivity contribution in [2.45, 2.75) is 25.6 Å². The van der Waals surface area contributed by atoms with Crippen LogP contribution >= 0.6 is 0 Å². The third-order valence-corrected chi connectivity index (χ3v) is 6.23. The summed E-state index contributed by atoms with van der Waals surface area (Å²) in [6, 6.07) is 11.9. The van der Waals surface area contributed by atoms with Crippen molar-refractivity contribution in [2.75, 3.05) is 44.2 Å². The summed E-state index contributed by atoms with van der Waals surface area (Å²) in [6.07, 6.45) is -2.98. The van der Waals surface area contributed by atoms with Crippen molar-refractivity contribution in [3.63, 3.8) is 0 Å². The second-order valence-electron chi connectivity index (χ2n) is 8.61. The van der Waals surface area contributed by atoms with Gasteiger partial charge in [0.15, 0.2) is 6.61 Å². The van der Waals surface area contributed by atoms with Crippen LogP contribution in [0.3, 0.4) is 0 Å². The van der Waals surface area contributed by atoms with Crippen LogP contribution < -0.4 is 4.90 Å². The van der Waals surface area contributed by atoms with E-state index in [1.165, 1.54) is 11.0 Å². The highest BCUT2D eigenvalue weighted by atomic mass is 19.4. The lowest BCUT2D eigenvalue weighted by Crippen LogP contribution is -2.50. The zero-order valence-corrected chi connectivity index (χ0v) is 19.1. The van der Waals surface area contributed by atoms with Crippen molar-refractivity contribution in [3.8, 4) is 0 Å². The highest BCUT2D eigenvalue weighted by molar-refractivity contribution is 5.91. The first kappa shape index (κ1) is 24.6. The zero-order chi connectivity index (χ0) is 25.0. The maximum absolute atomic E-state index is 13.0. The van der Waals surface area contributed by atoms with Crippen LogP contribution in [-0.4, -0.2) is 66.9 Å². The van der Waals surface area contributed by atoms with E-state index in [1.54, 1.807) is 40.1 Å². The summed E-state index contributed by atoms with van der Waals surface area (Å²) in [5.41, 5.74) is 0.962. The lowest BCUT2D eigenvalue weighted by Gasteiger charge is -2.36. The fourth-order valence-corrected chi connectivity index (χ4v) is 4.23. The smallest absolute Gasteiger partial charge is 0.416 e. The van der Waals surface area contributed by atoms with E-state index in [2.05, 4.69) is 0 Å². The quantitative estimate of drug-likeness (QED) is 0.583. The molecule has 0 radical (unpaired) electrons. The van der Waals surface area contributed by atoms with Gasteiger partial charge in [-0.2, -0.15) is 13.2 Å². The number of esters is 1. The number of likely N-dealkylation sites (tertiary alicyclic amines) is 1. The van der Waals surface area contributed by atoms with E-state index in [-0.39, 0.29) is 11.8 Å². The number of ether oxygens (including phenoxy) is 1. The molecule has 10 heteroatoms. The van der Waals surface area contributed by atoms with E-state index in [1.807, 2.05) is 0 Å². The molecule has 186 valence electrons. The van der Waals surface area contributed by atoms with Gasteiger partial charge < -0.3 is 19.4 Å². The second kappa shape index (κ2) is 10.4. The number of piperazine rings is 1. The van der Waals surface area contributed by atoms with Crippen LogP contribution in [0.25, 0.3) is 0 Å². The van der Waals surface area contributed by atoms with Gasteiger partial charge in [-0.1, -0.05) is 18.2 Å². The number of halogens is 3. The van der Waals surface area contributed by atoms with E-state index < -0.39 is 24.3 Å². The molecule has 2 heterocycles. The molecule has 2 saturated heterocycles. The fourth-order valence-electron chi connectivity index (χ4n) is 4.23. The highest BCUT2D eigenvalue weighted by Crippen LogP contribution is 2.31. The van der Waals surface area contributed by atoms with Crippen LogP contribution in [0.4, 0.5) is 18.9 Å². The molecule has 2 aromatic carbocycles. The van der Waals surface area contributed by atoms with Crippen molar-refractivity contribution in [3.05, 3.63) is 65.2 Å². The maximum atomic E-state index is 13.0. The Bertz CT molecular complexity index is 1080. The Balaban J connectivity index is 1.23. The number of anilines is 1. The summed E-state index contributed by atoms with van der Waals surface area (Å²) < 4.78 is 44.1. The maximum Gasteiger partial charge on any atom is 0.416 e. The number of alkyl halides is 3. The Morgan fingerprint density at radius 3 is 2.29 bits per heavy atom. The summed E-state index contributed by atoms with van der Waals surface area (Å²) in [4.78, 5) is 41.7. The van der Waals surface area contributed by atoms with Crippen LogP contribution in [0.2, 0.25) is 0 Å². The number of nitrogens with zero attached hydrogens (tertiary/aromatic N) is 3. The third-order valence-electron chi connectivity index (χ3n) is 6.23. The number of rotatable bonds is 6. The first-order valence-corrected chi connectivity index (χ1v) is 11.4. The van der Waals surface area contributed by atoms with Gasteiger partial charge in [0.05, 0.1) is 11.1 Å². The van der Waals surface area contributed by atoms with Crippen LogP contribution in [0.1, 0.15) is 34.3 Å². The van der Waals surface area contributed by atoms with E-state index >= 15 is 0 Å². The Morgan fingerprint density at radius 1 is 0.943 bits per heavy atom. The SMILES string of the molecule is O=C(OCC(=O)N1CCN(c2cccc(C(F)(F)F)c2)CC1)c1ccc(CN2CCCC2=O)cc1. The fraction of sp³-hybridized carbons (Fsp3) is 0.400. The number of hydrogen-bond donors (Lipinski definition) is 0. The molecule has 35 heavy (non-hydrogen) atoms. The predicted molar refractivity (Wildman–Crippen MR) is 122 cm³/mol. The van der Waals surface area contributed by atoms with Gasteiger partial charge >= 0.3 is 12.1 Å². The summed E-state index contributed by atoms with van der Waals surface area (Å²) in [6.45, 7) is 2.21. The van der Waals surface area contributed by atoms with Crippen molar-refractivity contribution in [1.82, 2.24) is 9.80 Å². The number of carbonyl (C=O) groups is 3. The van der Waals surface area contributed by atoms with Gasteiger partial charge in [-0.25, -0.2) is 4.79 Å². The van der Waals surface area contributed by atoms with Gasteiger partial charge in [-0.15, -0.1) is 0 Å². The van der Waals surface area contributed by atoms with E-state index in [0.717, 1.165) is 30.7 Å². The van der Waals surface area contributed by atoms with Gasteiger partial charge in [0.2, 0.25) is 5.91 Å². The van der Waals surface area contributed by atoms with Gasteiger partial charge in [0.25, 0.3) is 5.91 Å². The molecule has 2 fully saturated rings. The minimum Gasteiger partial charge on any atom is -0.452 e. The topological polar surface area (TPSA) is 70.2 Å². The van der Waals surface area contributed by atoms with Crippen LogP contribution in [-0.2, 0) is 27.0 Å². The molecule has 0 atom stereocenters. The summed E-state index contributed by atoms with van der Waals surface area (Å²) in [7, 11) is 0. The second-order valence-corrected chi connectivity index (χ2v) is 8.61. The Labute approximate surface area is 201 Å². The molecule has 0 N–H and O–H groups in total. The summed E-state index contributed by atoms with van der Waals surface area (Å²) in [5.74, 6) is -0.849. The van der Waals surface area contributed by atoms with E-state index in [0.29, 0.717) is 50.4 Å². The standard InChI is InChI=1S/C25H26F3N3O4/c26-25(27,28)20-3-1-4-21(15-20)29-11-13-30(14-12-29)23(33)17-35-24(34)19-8-6-18(7-9-19)16-31-10-2-5-22(31)32/h1,3-4,6-9,15H,2,5,10-14,16-17H2. The molecular formula is C25H26F3N3O4. The van der Waals surface area contributed by atoms with Crippen molar-refractivity contribution in [1.29, 1.82) is 0 Å². The number of benzene rings is 2. The molecule has 0 aliphatic carbocycles. The minimum atomic E-state index is -4.41. The van der Waals surface area contributed by atoms with Crippen molar-refractivity contribution < 1.29 is 32.3 Å². The normalized spacial score (nSPS) is 16.5. The Kier molecular flexibility index (Phi) is 7.28. The van der Waals surface area contributed by atoms with Gasteiger partial charge in [0.1, 0.15) is 0 Å². The molecular weight excluding hydrogens is 463 g/mol. The third kappa shape index (κ3) is 6.12. The van der Waals surface area contributed by atoms with Gasteiger partial charge in [0, 0.05) is 51.4 Å². The molecule has 2 aromatic rings. The molecule has 7 nitrogen and oxygen atoms in total. The predicted octanol–water partition coefficient (Wildman–Crippen LogP) is 3.33. The molecule has 2 amide bonds. The van der Waals surface area contributed by atoms with Crippen LogP contribution in [0.15, 0.2) is 48.5 Å². The van der Waals surface area contributed by atoms with Gasteiger partial charge in [-0.05, 0) is 42.3 Å². The molecule has 0 spiro atoms. The van der Waals surface area contributed by atoms with Gasteiger partial charge in [-0.3, -0.25) is 9.59 Å². The summed E-state index contributed by atoms with van der Waals surface area (Å²) in [5, 5.41) is 0. The molecule has 4 rings (SSSR count). The van der Waals surface area contributed by atoms with Crippen LogP contribution in [0.5, 0.6) is 0 Å². The monoisotopic (exact) mass is 489 g/mol. The first-order valence-electron chi connectivity index (χ1n) is 11.4. The number of hydrogen-bond acceptors (Lipinski definition) is 5. The Morgan fingerprint density at radius 2 is 1.66 bits per heavy atom. The lowest BCUT2D eigenvalue weighted by molar-refractivity contribution is -0.137. The zero-order valence-electron chi connectivity index (χ0n) is 19.1. The highest BCUT2D eigenvalue weighted by Gasteiger charge is 2.31. The molecule has 0 bridgehead atoms. The number of amides is 2. The average Bonchev–Trinajstić information content (AvgIpc) is 3.26. The largest absolute Gasteiger partial charge is 0.452 e. The lowest BCUT2D eigenvalue weighted by atomic mass is 10.1. The van der Waals surface area contributed by atoms with E-state index in [4.69, 9.17) is 4.74 Å². The number of carbonyl (C=O) groups excluding carboxylic acids is 3. The van der Waals surface area contributed by atoms with Crippen molar-refractivity contribution in [2.24, 2.45) is 0 Å². The van der Waals surface area contributed by atoms with Crippen LogP contribution in [0, 0.1) is 0 Å². The molecule has 2 aliphatic rings. The first-order chi connectivity index (χ1) is 16.7. The average molecular weight is 489 g/mol. The minimum absolute atomic E-state index is 0.127. The molecule has 0 aromatic heterocycles. The van der Waals surface area contributed by atoms with Crippen molar-refractivity contribution >= 4 is 23.5 Å².